The van der Waals surface area contributed by atoms with Crippen LogP contribution in [0.3, 0.4) is 0 Å². The first-order valence-electron chi connectivity index (χ1n) is 8.66. The largest absolute Gasteiger partial charge is 0.389 e. The molecule has 0 amide bonds. The molecule has 0 spiro atoms. The second-order valence-corrected chi connectivity index (χ2v) is 8.02. The molecule has 3 nitrogen and oxygen atoms in total. The molecule has 23 heavy (non-hydrogen) atoms. The molecule has 1 aliphatic heterocycles. The van der Waals surface area contributed by atoms with Crippen LogP contribution in [-0.2, 0) is 9.53 Å². The van der Waals surface area contributed by atoms with Crippen molar-refractivity contribution in [3.05, 3.63) is 35.5 Å². The zero-order valence-corrected chi connectivity index (χ0v) is 14.7. The van der Waals surface area contributed by atoms with Gasteiger partial charge in [-0.05, 0) is 62.5 Å². The fraction of sp³-hybridized carbons (Fsp3) is 0.650. The van der Waals surface area contributed by atoms with Gasteiger partial charge in [-0.15, -0.1) is 0 Å². The van der Waals surface area contributed by atoms with Crippen LogP contribution in [0.5, 0.6) is 0 Å². The Balaban J connectivity index is 2.03. The molecule has 0 radical (unpaired) electrons. The number of allylic oxidation sites excluding steroid dienone is 3. The highest BCUT2D eigenvalue weighted by atomic mass is 16.6. The summed E-state index contributed by atoms with van der Waals surface area (Å²) in [5.74, 6) is 0.0461. The third-order valence-electron chi connectivity index (χ3n) is 6.43. The van der Waals surface area contributed by atoms with E-state index in [0.717, 1.165) is 31.3 Å². The first-order chi connectivity index (χ1) is 10.7. The molecule has 1 heterocycles. The Bertz CT molecular complexity index is 614. The third kappa shape index (κ3) is 2.64. The highest BCUT2D eigenvalue weighted by molar-refractivity contribution is 6.05. The Labute approximate surface area is 139 Å². The number of hydrogen-bond acceptors (Lipinski definition) is 3. The predicted octanol–water partition coefficient (Wildman–Crippen LogP) is 3.73. The van der Waals surface area contributed by atoms with Gasteiger partial charge in [-0.1, -0.05) is 32.1 Å². The topological polar surface area (TPSA) is 49.8 Å². The average Bonchev–Trinajstić information content (AvgIpc) is 3.17. The van der Waals surface area contributed by atoms with E-state index in [0.29, 0.717) is 5.57 Å². The van der Waals surface area contributed by atoms with Crippen LogP contribution in [0.2, 0.25) is 0 Å². The molecule has 0 aromatic heterocycles. The molecule has 2 bridgehead atoms. The van der Waals surface area contributed by atoms with Gasteiger partial charge in [0.05, 0.1) is 6.10 Å². The first-order valence-corrected chi connectivity index (χ1v) is 8.66. The van der Waals surface area contributed by atoms with Crippen molar-refractivity contribution >= 4 is 5.78 Å². The van der Waals surface area contributed by atoms with Crippen LogP contribution in [-0.4, -0.2) is 28.7 Å². The molecule has 3 heteroatoms. The number of carbonyl (C=O) groups is 1. The molecule has 0 saturated carbocycles. The number of aliphatic hydroxyl groups is 1. The number of fused-ring (bicyclic) bond motifs is 3. The zero-order valence-electron chi connectivity index (χ0n) is 14.7. The minimum atomic E-state index is -0.610. The molecular weight excluding hydrogens is 288 g/mol. The van der Waals surface area contributed by atoms with Crippen LogP contribution < -0.4 is 0 Å². The van der Waals surface area contributed by atoms with Crippen molar-refractivity contribution in [2.24, 2.45) is 11.3 Å². The fourth-order valence-corrected chi connectivity index (χ4v) is 4.05. The van der Waals surface area contributed by atoms with Gasteiger partial charge in [0, 0.05) is 5.57 Å². The van der Waals surface area contributed by atoms with Gasteiger partial charge in [0.1, 0.15) is 11.7 Å². The maximum absolute atomic E-state index is 12.9. The first kappa shape index (κ1) is 16.7. The summed E-state index contributed by atoms with van der Waals surface area (Å²) in [6, 6.07) is 0. The van der Waals surface area contributed by atoms with Crippen molar-refractivity contribution in [2.45, 2.75) is 71.2 Å². The molecule has 3 rings (SSSR count). The predicted molar refractivity (Wildman–Crippen MR) is 91.0 cm³/mol. The van der Waals surface area contributed by atoms with E-state index in [4.69, 9.17) is 4.74 Å². The number of carbonyl (C=O) groups excluding carboxylic acids is 1. The van der Waals surface area contributed by atoms with E-state index in [1.54, 1.807) is 6.08 Å². The summed E-state index contributed by atoms with van der Waals surface area (Å²) in [6.45, 7) is 12.6. The Morgan fingerprint density at radius 2 is 2.04 bits per heavy atom. The van der Waals surface area contributed by atoms with E-state index < -0.39 is 6.10 Å². The maximum atomic E-state index is 12.9. The molecule has 0 unspecified atom stereocenters. The molecular formula is C20H28O3. The molecule has 126 valence electrons. The molecule has 2 aliphatic carbocycles. The van der Waals surface area contributed by atoms with Crippen LogP contribution in [0.4, 0.5) is 0 Å². The molecule has 0 aromatic carbocycles. The van der Waals surface area contributed by atoms with E-state index in [1.807, 2.05) is 6.92 Å². The summed E-state index contributed by atoms with van der Waals surface area (Å²) in [6.07, 6.45) is 6.65. The molecule has 3 aliphatic rings. The number of aliphatic hydroxyl groups excluding tert-OH is 1. The second-order valence-electron chi connectivity index (χ2n) is 8.02. The van der Waals surface area contributed by atoms with Crippen LogP contribution in [0.25, 0.3) is 0 Å². The molecule has 1 fully saturated rings. The van der Waals surface area contributed by atoms with Crippen LogP contribution in [0.1, 0.15) is 53.4 Å². The number of Topliss-reactive ketones (excluding diaryl/α,β-unsaturated/α-hetero) is 1. The minimum absolute atomic E-state index is 0.00375. The monoisotopic (exact) mass is 316 g/mol. The fourth-order valence-electron chi connectivity index (χ4n) is 4.05. The summed E-state index contributed by atoms with van der Waals surface area (Å²) in [5.41, 5.74) is 2.20. The lowest BCUT2D eigenvalue weighted by molar-refractivity contribution is -0.117. The number of epoxide rings is 1. The van der Waals surface area contributed by atoms with E-state index in [9.17, 15) is 9.90 Å². The van der Waals surface area contributed by atoms with Crippen molar-refractivity contribution in [3.63, 3.8) is 0 Å². The van der Waals surface area contributed by atoms with Crippen molar-refractivity contribution in [1.29, 1.82) is 0 Å². The van der Waals surface area contributed by atoms with E-state index in [2.05, 4.69) is 33.4 Å². The summed E-state index contributed by atoms with van der Waals surface area (Å²) < 4.78 is 5.76. The molecule has 1 N–H and O–H groups in total. The summed E-state index contributed by atoms with van der Waals surface area (Å²) in [4.78, 5) is 12.9. The van der Waals surface area contributed by atoms with Crippen molar-refractivity contribution < 1.29 is 14.6 Å². The minimum Gasteiger partial charge on any atom is -0.389 e. The van der Waals surface area contributed by atoms with E-state index in [1.165, 1.54) is 5.57 Å². The second kappa shape index (κ2) is 5.42. The van der Waals surface area contributed by atoms with Gasteiger partial charge >= 0.3 is 0 Å². The number of ketones is 1. The lowest BCUT2D eigenvalue weighted by Gasteiger charge is -2.44. The van der Waals surface area contributed by atoms with Crippen LogP contribution >= 0.6 is 0 Å². The summed E-state index contributed by atoms with van der Waals surface area (Å²) in [5, 5.41) is 10.5. The standard InChI is InChI=1S/C20H28O3/c1-12-7-6-9-20(5)18(23-20)17(22)15-11-16(21)14(3)19(4,10-8-12)13(15)2/h7,11,14,16,18,21H,2,6,8-10H2,1,3-5H3/b12-7+/t14-,16+,18-,19+,20-/m1/s1. The number of hydrogen-bond donors (Lipinski definition) is 1. The molecule has 0 aromatic rings. The van der Waals surface area contributed by atoms with E-state index in [-0.39, 0.29) is 28.8 Å². The van der Waals surface area contributed by atoms with Gasteiger partial charge in [-0.25, -0.2) is 0 Å². The number of rotatable bonds is 0. The Morgan fingerprint density at radius 1 is 1.35 bits per heavy atom. The van der Waals surface area contributed by atoms with Gasteiger partial charge in [-0.2, -0.15) is 0 Å². The van der Waals surface area contributed by atoms with Crippen LogP contribution in [0.15, 0.2) is 35.5 Å². The summed E-state index contributed by atoms with van der Waals surface area (Å²) in [7, 11) is 0. The summed E-state index contributed by atoms with van der Waals surface area (Å²) >= 11 is 0. The number of ether oxygens (including phenoxy) is 1. The van der Waals surface area contributed by atoms with E-state index >= 15 is 0 Å². The Morgan fingerprint density at radius 3 is 2.74 bits per heavy atom. The van der Waals surface area contributed by atoms with Crippen LogP contribution in [0, 0.1) is 11.3 Å². The molecule has 1 saturated heterocycles. The van der Waals surface area contributed by atoms with Gasteiger partial charge in [0.15, 0.2) is 5.78 Å². The Kier molecular flexibility index (Phi) is 3.93. The lowest BCUT2D eigenvalue weighted by Crippen LogP contribution is -2.41. The smallest absolute Gasteiger partial charge is 0.194 e. The Hall–Kier alpha value is -1.19. The van der Waals surface area contributed by atoms with Gasteiger partial charge < -0.3 is 9.84 Å². The lowest BCUT2D eigenvalue weighted by atomic mass is 9.61. The van der Waals surface area contributed by atoms with Crippen molar-refractivity contribution in [1.82, 2.24) is 0 Å². The normalized spacial score (nSPS) is 46.7. The SMILES string of the molecule is C=C1C2=C[C@H](O)[C@@H](C)[C@@]1(C)CC/C(C)=C/CC[C@@]1(C)O[C@@H]1C2=O. The third-order valence-corrected chi connectivity index (χ3v) is 6.43. The quantitative estimate of drug-likeness (QED) is 0.547. The van der Waals surface area contributed by atoms with Gasteiger partial charge in [0.25, 0.3) is 0 Å². The highest BCUT2D eigenvalue weighted by Crippen LogP contribution is 2.51. The highest BCUT2D eigenvalue weighted by Gasteiger charge is 2.58. The zero-order chi connectivity index (χ0) is 17.0. The van der Waals surface area contributed by atoms with Crippen molar-refractivity contribution in [3.8, 4) is 0 Å². The van der Waals surface area contributed by atoms with Crippen molar-refractivity contribution in [2.75, 3.05) is 0 Å². The van der Waals surface area contributed by atoms with Gasteiger partial charge in [-0.3, -0.25) is 4.79 Å². The maximum Gasteiger partial charge on any atom is 0.194 e. The van der Waals surface area contributed by atoms with Gasteiger partial charge in [0.2, 0.25) is 0 Å². The molecule has 5 atom stereocenters. The average molecular weight is 316 g/mol.